The molecule has 0 radical (unpaired) electrons. The molecule has 0 aliphatic rings. The summed E-state index contributed by atoms with van der Waals surface area (Å²) in [5.41, 5.74) is 2.14. The van der Waals surface area contributed by atoms with Gasteiger partial charge in [-0.1, -0.05) is 13.8 Å². The summed E-state index contributed by atoms with van der Waals surface area (Å²) in [5.74, 6) is -1.77. The highest BCUT2D eigenvalue weighted by Crippen LogP contribution is 2.20. The molecule has 1 heterocycles. The molecule has 1 amide bonds. The van der Waals surface area contributed by atoms with Gasteiger partial charge in [0.05, 0.1) is 0 Å². The summed E-state index contributed by atoms with van der Waals surface area (Å²) < 4.78 is 42.7. The number of hydrogen-bond acceptors (Lipinski definition) is 4. The second-order valence-corrected chi connectivity index (χ2v) is 6.47. The number of amides is 1. The minimum absolute atomic E-state index is 0.344. The molecule has 6 nitrogen and oxygen atoms in total. The number of nitrogens with zero attached hydrogens (tertiary/aromatic N) is 2. The fraction of sp³-hybridized carbons (Fsp3) is 0.500. The van der Waals surface area contributed by atoms with E-state index in [-0.39, 0.29) is 5.57 Å². The average molecular weight is 385 g/mol. The molecular weight excluding hydrogens is 363 g/mol. The van der Waals surface area contributed by atoms with Gasteiger partial charge in [0.25, 0.3) is 5.91 Å². The first-order valence-corrected chi connectivity index (χ1v) is 8.23. The van der Waals surface area contributed by atoms with Crippen molar-refractivity contribution in [1.82, 2.24) is 9.88 Å². The molecule has 1 aromatic heterocycles. The van der Waals surface area contributed by atoms with Crippen LogP contribution in [0.25, 0.3) is 6.08 Å². The number of aromatic nitrogens is 1. The van der Waals surface area contributed by atoms with E-state index in [2.05, 4.69) is 23.2 Å². The lowest BCUT2D eigenvalue weighted by Crippen LogP contribution is -2.36. The Bertz CT molecular complexity index is 771. The molecular formula is C18H22F3N3O3. The molecule has 1 rings (SSSR count). The fourth-order valence-corrected chi connectivity index (χ4v) is 2.37. The van der Waals surface area contributed by atoms with Crippen LogP contribution in [0.4, 0.5) is 13.2 Å². The number of carbonyl (C=O) groups is 2. The summed E-state index contributed by atoms with van der Waals surface area (Å²) in [6, 6.07) is 3.51. The monoisotopic (exact) mass is 385 g/mol. The Kier molecular flexibility index (Phi) is 7.64. The van der Waals surface area contributed by atoms with Crippen molar-refractivity contribution in [2.75, 3.05) is 13.2 Å². The van der Waals surface area contributed by atoms with Crippen molar-refractivity contribution in [2.24, 2.45) is 5.92 Å². The summed E-state index contributed by atoms with van der Waals surface area (Å²) in [5, 5.41) is 10.7. The van der Waals surface area contributed by atoms with E-state index in [4.69, 9.17) is 0 Å². The second-order valence-electron chi connectivity index (χ2n) is 6.47. The number of hydrogen-bond donors (Lipinski definition) is 1. The lowest BCUT2D eigenvalue weighted by Gasteiger charge is -2.12. The quantitative estimate of drug-likeness (QED) is 0.444. The Morgan fingerprint density at radius 2 is 2.00 bits per heavy atom. The second kappa shape index (κ2) is 9.26. The van der Waals surface area contributed by atoms with E-state index < -0.39 is 31.2 Å². The lowest BCUT2D eigenvalue weighted by atomic mass is 10.1. The number of ether oxygens (including phenoxy) is 1. The smallest absolute Gasteiger partial charge is 0.405 e. The van der Waals surface area contributed by atoms with Crippen LogP contribution in [0.15, 0.2) is 11.6 Å². The number of aryl methyl sites for hydroxylation is 1. The molecule has 148 valence electrons. The maximum atomic E-state index is 12.0. The molecule has 27 heavy (non-hydrogen) atoms. The first-order chi connectivity index (χ1) is 12.4. The van der Waals surface area contributed by atoms with E-state index in [0.29, 0.717) is 11.5 Å². The first kappa shape index (κ1) is 22.3. The van der Waals surface area contributed by atoms with Gasteiger partial charge >= 0.3 is 12.1 Å². The summed E-state index contributed by atoms with van der Waals surface area (Å²) in [6.45, 7) is 6.24. The van der Waals surface area contributed by atoms with Gasteiger partial charge in [0, 0.05) is 17.9 Å². The van der Waals surface area contributed by atoms with Crippen LogP contribution in [-0.2, 0) is 20.9 Å². The number of nitriles is 1. The maximum absolute atomic E-state index is 12.0. The van der Waals surface area contributed by atoms with Crippen LogP contribution >= 0.6 is 0 Å². The van der Waals surface area contributed by atoms with Crippen LogP contribution in [0.5, 0.6) is 0 Å². The average Bonchev–Trinajstić information content (AvgIpc) is 2.82. The van der Waals surface area contributed by atoms with Gasteiger partial charge < -0.3 is 14.6 Å². The number of rotatable bonds is 7. The van der Waals surface area contributed by atoms with E-state index in [9.17, 15) is 28.0 Å². The third kappa shape index (κ3) is 7.17. The molecule has 1 N–H and O–H groups in total. The van der Waals surface area contributed by atoms with Crippen molar-refractivity contribution < 1.29 is 27.5 Å². The molecule has 0 aliphatic heterocycles. The van der Waals surface area contributed by atoms with Crippen LogP contribution in [0.3, 0.4) is 0 Å². The van der Waals surface area contributed by atoms with E-state index in [1.165, 1.54) is 6.08 Å². The predicted molar refractivity (Wildman–Crippen MR) is 92.4 cm³/mol. The molecule has 0 bridgehead atoms. The molecule has 0 unspecified atom stereocenters. The SMILES string of the molecule is Cc1cc(/C=C(\C#N)C(=O)OCC(=O)NCC(F)(F)F)c(C)n1CC(C)C. The minimum Gasteiger partial charge on any atom is -0.451 e. The topological polar surface area (TPSA) is 84.1 Å². The van der Waals surface area contributed by atoms with Crippen molar-refractivity contribution >= 4 is 18.0 Å². The van der Waals surface area contributed by atoms with Gasteiger partial charge in [-0.3, -0.25) is 4.79 Å². The Labute approximate surface area is 155 Å². The van der Waals surface area contributed by atoms with E-state index in [1.807, 2.05) is 19.9 Å². The van der Waals surface area contributed by atoms with Gasteiger partial charge in [0.15, 0.2) is 6.61 Å². The largest absolute Gasteiger partial charge is 0.451 e. The Balaban J connectivity index is 2.82. The minimum atomic E-state index is -4.56. The molecule has 0 saturated carbocycles. The Morgan fingerprint density at radius 3 is 2.52 bits per heavy atom. The Morgan fingerprint density at radius 1 is 1.37 bits per heavy atom. The van der Waals surface area contributed by atoms with Crippen LogP contribution in [0.1, 0.15) is 30.8 Å². The summed E-state index contributed by atoms with van der Waals surface area (Å²) in [4.78, 5) is 23.2. The number of carbonyl (C=O) groups excluding carboxylic acids is 2. The number of halogens is 3. The third-order valence-electron chi connectivity index (χ3n) is 3.62. The standard InChI is InChI=1S/C18H22F3N3O3/c1-11(2)8-24-12(3)5-14(13(24)4)6-15(7-22)17(26)27-9-16(25)23-10-18(19,20)21/h5-6,11H,8-10H2,1-4H3,(H,23,25)/b15-6+. The molecule has 0 fully saturated rings. The van der Waals surface area contributed by atoms with E-state index in [0.717, 1.165) is 17.9 Å². The summed E-state index contributed by atoms with van der Waals surface area (Å²) >= 11 is 0. The predicted octanol–water partition coefficient (Wildman–Crippen LogP) is 2.89. The van der Waals surface area contributed by atoms with Crippen LogP contribution in [0.2, 0.25) is 0 Å². The number of nitrogens with one attached hydrogen (secondary N) is 1. The van der Waals surface area contributed by atoms with Crippen LogP contribution < -0.4 is 5.32 Å². The number of alkyl halides is 3. The molecule has 9 heteroatoms. The van der Waals surface area contributed by atoms with Crippen LogP contribution in [-0.4, -0.2) is 35.8 Å². The van der Waals surface area contributed by atoms with Gasteiger partial charge in [-0.15, -0.1) is 0 Å². The van der Waals surface area contributed by atoms with Crippen molar-refractivity contribution in [3.63, 3.8) is 0 Å². The molecule has 0 aromatic carbocycles. The van der Waals surface area contributed by atoms with Crippen LogP contribution in [0, 0.1) is 31.1 Å². The molecule has 0 spiro atoms. The molecule has 0 saturated heterocycles. The molecule has 0 aliphatic carbocycles. The zero-order valence-corrected chi connectivity index (χ0v) is 15.6. The maximum Gasteiger partial charge on any atom is 0.405 e. The normalized spacial score (nSPS) is 12.0. The third-order valence-corrected chi connectivity index (χ3v) is 3.62. The van der Waals surface area contributed by atoms with Crippen molar-refractivity contribution in [1.29, 1.82) is 5.26 Å². The summed E-state index contributed by atoms with van der Waals surface area (Å²) in [6.07, 6.45) is -3.22. The molecule has 0 atom stereocenters. The van der Waals surface area contributed by atoms with E-state index in [1.54, 1.807) is 11.4 Å². The highest BCUT2D eigenvalue weighted by molar-refractivity contribution is 5.99. The zero-order valence-electron chi connectivity index (χ0n) is 15.6. The van der Waals surface area contributed by atoms with Gasteiger partial charge in [0.2, 0.25) is 0 Å². The van der Waals surface area contributed by atoms with Crippen molar-refractivity contribution in [2.45, 2.75) is 40.4 Å². The lowest BCUT2D eigenvalue weighted by molar-refractivity contribution is -0.148. The van der Waals surface area contributed by atoms with Gasteiger partial charge in [-0.05, 0) is 37.5 Å². The van der Waals surface area contributed by atoms with E-state index >= 15 is 0 Å². The van der Waals surface area contributed by atoms with Crippen molar-refractivity contribution in [3.8, 4) is 6.07 Å². The first-order valence-electron chi connectivity index (χ1n) is 8.23. The zero-order chi connectivity index (χ0) is 20.8. The van der Waals surface area contributed by atoms with Gasteiger partial charge in [-0.2, -0.15) is 18.4 Å². The van der Waals surface area contributed by atoms with Gasteiger partial charge in [-0.25, -0.2) is 4.79 Å². The fourth-order valence-electron chi connectivity index (χ4n) is 2.37. The highest BCUT2D eigenvalue weighted by Gasteiger charge is 2.28. The summed E-state index contributed by atoms with van der Waals surface area (Å²) in [7, 11) is 0. The highest BCUT2D eigenvalue weighted by atomic mass is 19.4. The Hall–Kier alpha value is -2.76. The molecule has 1 aromatic rings. The van der Waals surface area contributed by atoms with Crippen molar-refractivity contribution in [3.05, 3.63) is 28.6 Å². The number of esters is 1. The van der Waals surface area contributed by atoms with Gasteiger partial charge in [0.1, 0.15) is 18.2 Å².